The van der Waals surface area contributed by atoms with E-state index in [1.807, 2.05) is 0 Å². The molecular formula is C15H17FN6O4. The average molecular weight is 364 g/mol. The molecule has 3 N–H and O–H groups in total. The van der Waals surface area contributed by atoms with Gasteiger partial charge in [-0.15, -0.1) is 0 Å². The number of anilines is 2. The number of rotatable bonds is 9. The van der Waals surface area contributed by atoms with Gasteiger partial charge in [0.05, 0.1) is 10.5 Å². The fourth-order valence-electron chi connectivity index (χ4n) is 2.02. The van der Waals surface area contributed by atoms with E-state index in [0.717, 1.165) is 12.4 Å². The van der Waals surface area contributed by atoms with Gasteiger partial charge < -0.3 is 10.1 Å². The molecule has 0 radical (unpaired) electrons. The fraction of sp³-hybridized carbons (Fsp3) is 0.267. The zero-order chi connectivity index (χ0) is 18.9. The van der Waals surface area contributed by atoms with Gasteiger partial charge in [0, 0.05) is 20.3 Å². The molecule has 0 aliphatic heterocycles. The molecule has 0 aliphatic rings. The minimum Gasteiger partial charge on any atom is -0.385 e. The van der Waals surface area contributed by atoms with Crippen molar-refractivity contribution in [1.29, 1.82) is 0 Å². The number of aromatic nitrogens is 2. The molecule has 26 heavy (non-hydrogen) atoms. The van der Waals surface area contributed by atoms with Crippen molar-refractivity contribution in [3.63, 3.8) is 0 Å². The Morgan fingerprint density at radius 1 is 1.31 bits per heavy atom. The molecule has 10 nitrogen and oxygen atoms in total. The summed E-state index contributed by atoms with van der Waals surface area (Å²) in [7, 11) is 1.55. The summed E-state index contributed by atoms with van der Waals surface area (Å²) in [4.78, 5) is 30.3. The van der Waals surface area contributed by atoms with E-state index in [9.17, 15) is 19.3 Å². The third kappa shape index (κ3) is 4.83. The maximum atomic E-state index is 13.6. The molecule has 0 unspecified atom stereocenters. The number of hydrogen-bond donors (Lipinski definition) is 3. The number of ether oxygens (including phenoxy) is 1. The molecular weight excluding hydrogens is 347 g/mol. The second-order valence-electron chi connectivity index (χ2n) is 5.01. The zero-order valence-corrected chi connectivity index (χ0v) is 13.9. The van der Waals surface area contributed by atoms with Crippen LogP contribution in [0.4, 0.5) is 21.7 Å². The van der Waals surface area contributed by atoms with Crippen LogP contribution in [-0.4, -0.2) is 41.1 Å². The number of methoxy groups -OCH3 is 1. The van der Waals surface area contributed by atoms with E-state index >= 15 is 0 Å². The molecule has 2 aromatic rings. The molecule has 138 valence electrons. The first-order valence-corrected chi connectivity index (χ1v) is 7.57. The average Bonchev–Trinajstić information content (AvgIpc) is 2.63. The second kappa shape index (κ2) is 9.22. The van der Waals surface area contributed by atoms with Crippen LogP contribution in [0.2, 0.25) is 0 Å². The maximum absolute atomic E-state index is 13.6. The molecule has 0 saturated carbocycles. The van der Waals surface area contributed by atoms with Crippen LogP contribution in [0.1, 0.15) is 16.8 Å². The Bertz CT molecular complexity index is 788. The summed E-state index contributed by atoms with van der Waals surface area (Å²) in [6.45, 7) is 0.877. The van der Waals surface area contributed by atoms with Gasteiger partial charge in [-0.25, -0.2) is 14.4 Å². The van der Waals surface area contributed by atoms with Crippen LogP contribution in [0.3, 0.4) is 0 Å². The zero-order valence-electron chi connectivity index (χ0n) is 13.9. The van der Waals surface area contributed by atoms with Gasteiger partial charge in [0.25, 0.3) is 5.91 Å². The molecule has 1 aromatic heterocycles. The number of carbonyl (C=O) groups excluding carboxylic acids is 1. The van der Waals surface area contributed by atoms with E-state index in [-0.39, 0.29) is 17.2 Å². The van der Waals surface area contributed by atoms with Crippen LogP contribution in [0.25, 0.3) is 0 Å². The lowest BCUT2D eigenvalue weighted by Crippen LogP contribution is -2.31. The number of halogens is 1. The number of nitro groups is 1. The van der Waals surface area contributed by atoms with Crippen molar-refractivity contribution in [3.05, 3.63) is 52.1 Å². The summed E-state index contributed by atoms with van der Waals surface area (Å²) < 4.78 is 18.5. The van der Waals surface area contributed by atoms with E-state index in [2.05, 4.69) is 26.1 Å². The van der Waals surface area contributed by atoms with E-state index in [0.29, 0.717) is 19.6 Å². The number of carbonyl (C=O) groups is 1. The molecule has 11 heteroatoms. The van der Waals surface area contributed by atoms with Crippen LogP contribution in [0.5, 0.6) is 0 Å². The first kappa shape index (κ1) is 19.0. The SMILES string of the molecule is COCCCNc1ncnc(NNC(=O)c2ccccc2F)c1[N+](=O)[O-]. The summed E-state index contributed by atoms with van der Waals surface area (Å²) in [6.07, 6.45) is 1.72. The number of hydrogen-bond acceptors (Lipinski definition) is 8. The quantitative estimate of drug-likeness (QED) is 0.348. The van der Waals surface area contributed by atoms with Gasteiger partial charge in [0.15, 0.2) is 0 Å². The molecule has 0 atom stereocenters. The Balaban J connectivity index is 2.12. The first-order valence-electron chi connectivity index (χ1n) is 7.57. The van der Waals surface area contributed by atoms with Crippen LogP contribution >= 0.6 is 0 Å². The lowest BCUT2D eigenvalue weighted by molar-refractivity contribution is -0.383. The van der Waals surface area contributed by atoms with Crippen LogP contribution < -0.4 is 16.2 Å². The van der Waals surface area contributed by atoms with Gasteiger partial charge in [0.1, 0.15) is 12.1 Å². The van der Waals surface area contributed by atoms with Gasteiger partial charge in [-0.05, 0) is 18.6 Å². The maximum Gasteiger partial charge on any atom is 0.354 e. The molecule has 0 bridgehead atoms. The smallest absolute Gasteiger partial charge is 0.354 e. The van der Waals surface area contributed by atoms with Gasteiger partial charge in [0.2, 0.25) is 11.6 Å². The second-order valence-corrected chi connectivity index (χ2v) is 5.01. The molecule has 1 heterocycles. The van der Waals surface area contributed by atoms with Crippen molar-refractivity contribution in [3.8, 4) is 0 Å². The van der Waals surface area contributed by atoms with E-state index in [1.54, 1.807) is 7.11 Å². The van der Waals surface area contributed by atoms with E-state index in [4.69, 9.17) is 4.74 Å². The van der Waals surface area contributed by atoms with Crippen molar-refractivity contribution in [2.75, 3.05) is 31.0 Å². The Labute approximate surface area is 147 Å². The van der Waals surface area contributed by atoms with Gasteiger partial charge in [-0.1, -0.05) is 12.1 Å². The lowest BCUT2D eigenvalue weighted by Gasteiger charge is -2.11. The number of hydrazine groups is 1. The van der Waals surface area contributed by atoms with E-state index in [1.165, 1.54) is 18.2 Å². The molecule has 2 rings (SSSR count). The largest absolute Gasteiger partial charge is 0.385 e. The Morgan fingerprint density at radius 3 is 2.73 bits per heavy atom. The Morgan fingerprint density at radius 2 is 2.04 bits per heavy atom. The van der Waals surface area contributed by atoms with Gasteiger partial charge in [-0.2, -0.15) is 0 Å². The van der Waals surface area contributed by atoms with E-state index < -0.39 is 22.3 Å². The van der Waals surface area contributed by atoms with Crippen molar-refractivity contribution < 1.29 is 18.8 Å². The minimum atomic E-state index is -0.800. The van der Waals surface area contributed by atoms with Gasteiger partial charge in [-0.3, -0.25) is 25.8 Å². The summed E-state index contributed by atoms with van der Waals surface area (Å²) in [5.74, 6) is -1.76. The number of amides is 1. The predicted molar refractivity (Wildman–Crippen MR) is 91.2 cm³/mol. The summed E-state index contributed by atoms with van der Waals surface area (Å²) in [6, 6.07) is 5.34. The third-order valence-electron chi connectivity index (χ3n) is 3.24. The summed E-state index contributed by atoms with van der Waals surface area (Å²) in [5, 5.41) is 14.2. The van der Waals surface area contributed by atoms with Crippen LogP contribution in [-0.2, 0) is 4.74 Å². The summed E-state index contributed by atoms with van der Waals surface area (Å²) in [5.41, 5.74) is 3.86. The molecule has 0 fully saturated rings. The number of nitrogens with zero attached hydrogens (tertiary/aromatic N) is 3. The van der Waals surface area contributed by atoms with Crippen molar-refractivity contribution in [1.82, 2.24) is 15.4 Å². The van der Waals surface area contributed by atoms with Crippen molar-refractivity contribution in [2.45, 2.75) is 6.42 Å². The first-order chi connectivity index (χ1) is 12.5. The number of benzene rings is 1. The van der Waals surface area contributed by atoms with Crippen LogP contribution in [0, 0.1) is 15.9 Å². The topological polar surface area (TPSA) is 131 Å². The summed E-state index contributed by atoms with van der Waals surface area (Å²) >= 11 is 0. The normalized spacial score (nSPS) is 10.2. The molecule has 0 saturated heterocycles. The predicted octanol–water partition coefficient (Wildman–Crippen LogP) is 1.73. The minimum absolute atomic E-state index is 0.0104. The van der Waals surface area contributed by atoms with Crippen LogP contribution in [0.15, 0.2) is 30.6 Å². The highest BCUT2D eigenvalue weighted by Gasteiger charge is 2.23. The third-order valence-corrected chi connectivity index (χ3v) is 3.24. The highest BCUT2D eigenvalue weighted by Crippen LogP contribution is 2.28. The molecule has 1 aromatic carbocycles. The molecule has 1 amide bonds. The number of nitrogens with one attached hydrogen (secondary N) is 3. The highest BCUT2D eigenvalue weighted by atomic mass is 19.1. The Kier molecular flexibility index (Phi) is 6.74. The molecule has 0 aliphatic carbocycles. The standard InChI is InChI=1S/C15H17FN6O4/c1-26-8-4-7-17-13-12(22(24)25)14(19-9-18-13)20-21-15(23)10-5-2-3-6-11(10)16/h2-3,5-6,9H,4,7-8H2,1H3,(H,21,23)(H2,17,18,19,20). The van der Waals surface area contributed by atoms with Gasteiger partial charge >= 0.3 is 5.69 Å². The molecule has 0 spiro atoms. The Hall–Kier alpha value is -3.34. The monoisotopic (exact) mass is 364 g/mol. The van der Waals surface area contributed by atoms with Crippen molar-refractivity contribution in [2.24, 2.45) is 0 Å². The van der Waals surface area contributed by atoms with Crippen molar-refractivity contribution >= 4 is 23.2 Å². The fourth-order valence-corrected chi connectivity index (χ4v) is 2.02. The highest BCUT2D eigenvalue weighted by molar-refractivity contribution is 5.95. The lowest BCUT2D eigenvalue weighted by atomic mass is 10.2.